The number of amides is 1. The van der Waals surface area contributed by atoms with Gasteiger partial charge >= 0.3 is 17.6 Å². The maximum atomic E-state index is 13.5. The Morgan fingerprint density at radius 2 is 1.79 bits per heavy atom. The van der Waals surface area contributed by atoms with Gasteiger partial charge in [-0.1, -0.05) is 25.5 Å². The summed E-state index contributed by atoms with van der Waals surface area (Å²) >= 11 is 0. The molecule has 0 radical (unpaired) electrons. The van der Waals surface area contributed by atoms with Crippen LogP contribution < -0.4 is 5.32 Å². The van der Waals surface area contributed by atoms with Gasteiger partial charge in [-0.3, -0.25) is 29.3 Å². The number of hydrogen-bond donors (Lipinski definition) is 3. The number of ketones is 2. The standard InChI is InChI=1S/C35H44N2O11/c1-33-13-10-22(38)18-21(33)5-6-23-24(33)11-14-34(2)25(23)12-15-35(34,44)29(40)19-48-31(42)9-8-30(41)36-26(32(43)47-3)16-20-4-7-28(39)27(17-20)37(45)46/h4,7,17-18,23-26,39,44H,5-6,8-16,19H2,1-3H3,(H,36,41)/t23-,24-,25-,26+,33+,34+,35+/m1/s1. The van der Waals surface area contributed by atoms with Gasteiger partial charge in [-0.15, -0.1) is 0 Å². The summed E-state index contributed by atoms with van der Waals surface area (Å²) < 4.78 is 9.97. The number of esters is 2. The Morgan fingerprint density at radius 3 is 2.50 bits per heavy atom. The van der Waals surface area contributed by atoms with Crippen molar-refractivity contribution in [2.75, 3.05) is 13.7 Å². The van der Waals surface area contributed by atoms with Gasteiger partial charge in [0, 0.05) is 30.7 Å². The van der Waals surface area contributed by atoms with E-state index in [1.807, 2.05) is 13.0 Å². The highest BCUT2D eigenvalue weighted by molar-refractivity contribution is 5.92. The van der Waals surface area contributed by atoms with Crippen molar-refractivity contribution in [3.63, 3.8) is 0 Å². The molecule has 0 bridgehead atoms. The molecule has 0 aliphatic heterocycles. The summed E-state index contributed by atoms with van der Waals surface area (Å²) in [6.45, 7) is 3.64. The van der Waals surface area contributed by atoms with E-state index in [-0.39, 0.29) is 41.9 Å². The molecule has 5 rings (SSSR count). The minimum absolute atomic E-state index is 0.0339. The molecule has 3 saturated carbocycles. The van der Waals surface area contributed by atoms with Crippen molar-refractivity contribution in [2.24, 2.45) is 28.6 Å². The predicted octanol–water partition coefficient (Wildman–Crippen LogP) is 3.66. The molecular formula is C35H44N2O11. The highest BCUT2D eigenvalue weighted by Gasteiger charge is 2.66. The molecule has 1 aromatic carbocycles. The number of hydrogen-bond acceptors (Lipinski definition) is 11. The van der Waals surface area contributed by atoms with Gasteiger partial charge < -0.3 is 25.0 Å². The molecule has 13 nitrogen and oxygen atoms in total. The van der Waals surface area contributed by atoms with Crippen molar-refractivity contribution in [2.45, 2.75) is 96.1 Å². The largest absolute Gasteiger partial charge is 0.502 e. The maximum Gasteiger partial charge on any atom is 0.328 e. The lowest BCUT2D eigenvalue weighted by Gasteiger charge is -2.58. The number of rotatable bonds is 11. The number of methoxy groups -OCH3 is 1. The molecule has 1 amide bonds. The topological polar surface area (TPSA) is 199 Å². The molecule has 0 unspecified atom stereocenters. The number of nitro groups is 1. The molecule has 3 N–H and O–H groups in total. The highest BCUT2D eigenvalue weighted by atomic mass is 16.6. The number of nitrogens with zero attached hydrogens (tertiary/aromatic N) is 1. The molecule has 3 fully saturated rings. The Bertz CT molecular complexity index is 1550. The fourth-order valence-corrected chi connectivity index (χ4v) is 9.27. The Morgan fingerprint density at radius 1 is 1.06 bits per heavy atom. The van der Waals surface area contributed by atoms with Crippen molar-refractivity contribution >= 4 is 35.1 Å². The van der Waals surface area contributed by atoms with Gasteiger partial charge in [-0.05, 0) is 85.8 Å². The Kier molecular flexibility index (Phi) is 9.83. The van der Waals surface area contributed by atoms with Crippen molar-refractivity contribution in [3.8, 4) is 5.75 Å². The summed E-state index contributed by atoms with van der Waals surface area (Å²) in [6.07, 6.45) is 6.57. The number of Topliss-reactive ketones (excluding diaryl/α,β-unsaturated/α-hetero) is 1. The smallest absolute Gasteiger partial charge is 0.328 e. The van der Waals surface area contributed by atoms with Gasteiger partial charge in [0.15, 0.2) is 18.1 Å². The van der Waals surface area contributed by atoms with Crippen LogP contribution in [0.3, 0.4) is 0 Å². The summed E-state index contributed by atoms with van der Waals surface area (Å²) in [6, 6.07) is 2.34. The van der Waals surface area contributed by atoms with Gasteiger partial charge in [-0.2, -0.15) is 0 Å². The number of nitro benzene ring substituents is 1. The summed E-state index contributed by atoms with van der Waals surface area (Å²) in [5.74, 6) is -2.36. The maximum absolute atomic E-state index is 13.5. The van der Waals surface area contributed by atoms with Crippen LogP contribution >= 0.6 is 0 Å². The molecular weight excluding hydrogens is 624 g/mol. The third kappa shape index (κ3) is 6.36. The van der Waals surface area contributed by atoms with E-state index in [1.54, 1.807) is 0 Å². The van der Waals surface area contributed by atoms with Crippen molar-refractivity contribution in [1.82, 2.24) is 5.32 Å². The molecule has 4 aliphatic carbocycles. The first-order valence-corrected chi connectivity index (χ1v) is 16.6. The highest BCUT2D eigenvalue weighted by Crippen LogP contribution is 2.67. The molecule has 0 spiro atoms. The summed E-state index contributed by atoms with van der Waals surface area (Å²) in [7, 11) is 1.12. The molecule has 4 aliphatic rings. The van der Waals surface area contributed by atoms with Gasteiger partial charge in [0.1, 0.15) is 11.6 Å². The number of aliphatic hydroxyl groups is 1. The van der Waals surface area contributed by atoms with Crippen LogP contribution in [-0.2, 0) is 39.9 Å². The van der Waals surface area contributed by atoms with E-state index in [0.717, 1.165) is 44.9 Å². The first-order chi connectivity index (χ1) is 22.6. The van der Waals surface area contributed by atoms with E-state index in [0.29, 0.717) is 31.1 Å². The predicted molar refractivity (Wildman–Crippen MR) is 169 cm³/mol. The van der Waals surface area contributed by atoms with Crippen LogP contribution in [-0.4, -0.2) is 69.9 Å². The molecule has 13 heteroatoms. The van der Waals surface area contributed by atoms with E-state index in [9.17, 15) is 44.3 Å². The molecule has 7 atom stereocenters. The van der Waals surface area contributed by atoms with Crippen molar-refractivity contribution < 1.29 is 48.6 Å². The zero-order valence-electron chi connectivity index (χ0n) is 27.6. The lowest BCUT2D eigenvalue weighted by atomic mass is 9.46. The summed E-state index contributed by atoms with van der Waals surface area (Å²) in [5, 5.41) is 35.1. The molecule has 0 saturated heterocycles. The van der Waals surface area contributed by atoms with Crippen LogP contribution in [0, 0.1) is 38.7 Å². The zero-order valence-corrected chi connectivity index (χ0v) is 27.6. The molecule has 0 heterocycles. The number of carbonyl (C=O) groups excluding carboxylic acids is 5. The van der Waals surface area contributed by atoms with Crippen LogP contribution in [0.2, 0.25) is 0 Å². The molecule has 1 aromatic rings. The lowest BCUT2D eigenvalue weighted by Crippen LogP contribution is -2.58. The average Bonchev–Trinajstić information content (AvgIpc) is 3.34. The Labute approximate surface area is 278 Å². The number of benzene rings is 1. The molecule has 0 aromatic heterocycles. The minimum atomic E-state index is -1.64. The van der Waals surface area contributed by atoms with E-state index >= 15 is 0 Å². The normalized spacial score (nSPS) is 31.3. The van der Waals surface area contributed by atoms with Crippen LogP contribution in [0.4, 0.5) is 5.69 Å². The SMILES string of the molecule is COC(=O)[C@H](Cc1ccc(O)c([N+](=O)[O-])c1)NC(=O)CCC(=O)OCC(=O)[C@@]1(O)CC[C@@H]2[C@@H]3CCC4=CC(=O)CC[C@]4(C)[C@@H]3CC[C@@]21C. The second-order valence-corrected chi connectivity index (χ2v) is 14.3. The summed E-state index contributed by atoms with van der Waals surface area (Å²) in [4.78, 5) is 73.5. The fourth-order valence-electron chi connectivity index (χ4n) is 9.27. The van der Waals surface area contributed by atoms with Gasteiger partial charge in [-0.25, -0.2) is 4.79 Å². The van der Waals surface area contributed by atoms with E-state index in [2.05, 4.69) is 12.2 Å². The Balaban J connectivity index is 1.14. The number of aromatic hydroxyl groups is 1. The number of phenols is 1. The number of ether oxygens (including phenoxy) is 2. The lowest BCUT2D eigenvalue weighted by molar-refractivity contribution is -0.385. The third-order valence-corrected chi connectivity index (χ3v) is 12.0. The second-order valence-electron chi connectivity index (χ2n) is 14.3. The van der Waals surface area contributed by atoms with Crippen LogP contribution in [0.1, 0.15) is 83.6 Å². The molecule has 48 heavy (non-hydrogen) atoms. The number of phenolic OH excluding ortho intramolecular Hbond substituents is 1. The summed E-state index contributed by atoms with van der Waals surface area (Å²) in [5.41, 5.74) is -1.37. The van der Waals surface area contributed by atoms with E-state index < -0.39 is 70.1 Å². The van der Waals surface area contributed by atoms with Gasteiger partial charge in [0.2, 0.25) is 11.7 Å². The van der Waals surface area contributed by atoms with Crippen LogP contribution in [0.15, 0.2) is 29.8 Å². The Hall–Kier alpha value is -4.13. The first kappa shape index (κ1) is 35.2. The zero-order chi connectivity index (χ0) is 35.0. The monoisotopic (exact) mass is 668 g/mol. The fraction of sp³-hybridized carbons (Fsp3) is 0.629. The second kappa shape index (κ2) is 13.4. The number of allylic oxidation sites excluding steroid dienone is 1. The number of nitrogens with one attached hydrogen (secondary N) is 1. The van der Waals surface area contributed by atoms with Crippen LogP contribution in [0.25, 0.3) is 0 Å². The number of carbonyl (C=O) groups is 5. The number of fused-ring (bicyclic) bond motifs is 5. The average molecular weight is 669 g/mol. The van der Waals surface area contributed by atoms with Crippen molar-refractivity contribution in [3.05, 3.63) is 45.5 Å². The van der Waals surface area contributed by atoms with Gasteiger partial charge in [0.25, 0.3) is 0 Å². The molecule has 260 valence electrons. The quantitative estimate of drug-likeness (QED) is 0.177. The first-order valence-electron chi connectivity index (χ1n) is 16.6. The van der Waals surface area contributed by atoms with Gasteiger partial charge in [0.05, 0.1) is 18.5 Å². The third-order valence-electron chi connectivity index (χ3n) is 12.0. The van der Waals surface area contributed by atoms with Crippen LogP contribution in [0.5, 0.6) is 5.75 Å². The van der Waals surface area contributed by atoms with E-state index in [4.69, 9.17) is 9.47 Å². The van der Waals surface area contributed by atoms with E-state index in [1.165, 1.54) is 11.6 Å². The minimum Gasteiger partial charge on any atom is -0.502 e. The van der Waals surface area contributed by atoms with Crippen molar-refractivity contribution in [1.29, 1.82) is 0 Å².